The average molecular weight is 322 g/mol. The van der Waals surface area contributed by atoms with Crippen LogP contribution in [-0.4, -0.2) is 48.9 Å². The Balaban J connectivity index is 1.51. The van der Waals surface area contributed by atoms with E-state index in [1.54, 1.807) is 0 Å². The van der Waals surface area contributed by atoms with Crippen LogP contribution < -0.4 is 5.32 Å². The number of nitrogens with one attached hydrogen (secondary N) is 1. The molecule has 2 aliphatic carbocycles. The first-order chi connectivity index (χ1) is 11.1. The summed E-state index contributed by atoms with van der Waals surface area (Å²) in [6.45, 7) is 0.854. The van der Waals surface area contributed by atoms with Crippen LogP contribution in [0.15, 0.2) is 0 Å². The number of carbonyl (C=O) groups excluding carboxylic acids is 3. The molecular formula is C17H26N2O4. The third-order valence-electron chi connectivity index (χ3n) is 5.62. The molecule has 128 valence electrons. The molecule has 3 fully saturated rings. The number of esters is 1. The van der Waals surface area contributed by atoms with E-state index in [4.69, 9.17) is 4.74 Å². The molecule has 2 saturated carbocycles. The van der Waals surface area contributed by atoms with E-state index in [1.807, 2.05) is 4.90 Å². The van der Waals surface area contributed by atoms with Crippen molar-refractivity contribution in [2.24, 2.45) is 11.3 Å². The first-order valence-corrected chi connectivity index (χ1v) is 8.71. The molecule has 3 aliphatic rings. The third-order valence-corrected chi connectivity index (χ3v) is 5.62. The minimum Gasteiger partial charge on any atom is -0.469 e. The molecule has 0 aromatic rings. The van der Waals surface area contributed by atoms with E-state index in [1.165, 1.54) is 26.4 Å². The van der Waals surface area contributed by atoms with Crippen molar-refractivity contribution in [2.75, 3.05) is 20.2 Å². The highest BCUT2D eigenvalue weighted by Crippen LogP contribution is 2.46. The zero-order valence-corrected chi connectivity index (χ0v) is 13.8. The summed E-state index contributed by atoms with van der Waals surface area (Å²) in [5.41, 5.74) is -0.518. The smallest absolute Gasteiger partial charge is 0.313 e. The number of likely N-dealkylation sites (tertiary alicyclic amines) is 1. The topological polar surface area (TPSA) is 75.7 Å². The van der Waals surface area contributed by atoms with Gasteiger partial charge in [-0.25, -0.2) is 0 Å². The van der Waals surface area contributed by atoms with Crippen LogP contribution in [0, 0.1) is 11.3 Å². The Morgan fingerprint density at radius 3 is 2.57 bits per heavy atom. The zero-order chi connectivity index (χ0) is 16.4. The van der Waals surface area contributed by atoms with E-state index in [2.05, 4.69) is 5.32 Å². The van der Waals surface area contributed by atoms with Crippen molar-refractivity contribution in [3.8, 4) is 0 Å². The molecule has 6 nitrogen and oxygen atoms in total. The number of nitrogens with zero attached hydrogens (tertiary/aromatic N) is 1. The van der Waals surface area contributed by atoms with Gasteiger partial charge in [0.1, 0.15) is 0 Å². The number of hydrogen-bond donors (Lipinski definition) is 1. The summed E-state index contributed by atoms with van der Waals surface area (Å²) in [6.07, 6.45) is 7.54. The van der Waals surface area contributed by atoms with Crippen LogP contribution in [0.5, 0.6) is 0 Å². The Hall–Kier alpha value is -1.59. The summed E-state index contributed by atoms with van der Waals surface area (Å²) in [4.78, 5) is 38.2. The summed E-state index contributed by atoms with van der Waals surface area (Å²) in [5, 5.41) is 2.87. The molecule has 0 aromatic carbocycles. The lowest BCUT2D eigenvalue weighted by molar-refractivity contribution is -0.147. The molecule has 1 unspecified atom stereocenters. The lowest BCUT2D eigenvalue weighted by atomic mass is 9.94. The van der Waals surface area contributed by atoms with Gasteiger partial charge in [-0.05, 0) is 25.7 Å². The third kappa shape index (κ3) is 3.35. The van der Waals surface area contributed by atoms with E-state index in [0.29, 0.717) is 25.6 Å². The molecule has 3 rings (SSSR count). The maximum Gasteiger partial charge on any atom is 0.313 e. The molecule has 1 heterocycles. The van der Waals surface area contributed by atoms with E-state index in [9.17, 15) is 14.4 Å². The maximum atomic E-state index is 12.4. The second kappa shape index (κ2) is 6.49. The van der Waals surface area contributed by atoms with Crippen molar-refractivity contribution in [1.29, 1.82) is 0 Å². The van der Waals surface area contributed by atoms with Crippen LogP contribution in [0.4, 0.5) is 0 Å². The number of ether oxygens (including phenoxy) is 1. The number of hydrogen-bond acceptors (Lipinski definition) is 4. The highest BCUT2D eigenvalue weighted by atomic mass is 16.5. The van der Waals surface area contributed by atoms with Gasteiger partial charge in [-0.3, -0.25) is 14.4 Å². The lowest BCUT2D eigenvalue weighted by Crippen LogP contribution is -2.41. The van der Waals surface area contributed by atoms with Crippen molar-refractivity contribution >= 4 is 17.8 Å². The fourth-order valence-electron chi connectivity index (χ4n) is 3.87. The van der Waals surface area contributed by atoms with Gasteiger partial charge >= 0.3 is 5.97 Å². The SMILES string of the molecule is COC(=O)C1(CNC(=O)C2CC(=O)N(C3CCCCC3)C2)CC1. The Morgan fingerprint density at radius 2 is 1.96 bits per heavy atom. The van der Waals surface area contributed by atoms with Gasteiger partial charge < -0.3 is 15.0 Å². The van der Waals surface area contributed by atoms with E-state index >= 15 is 0 Å². The van der Waals surface area contributed by atoms with Gasteiger partial charge in [0.2, 0.25) is 11.8 Å². The summed E-state index contributed by atoms with van der Waals surface area (Å²) in [5.74, 6) is -0.528. The Kier molecular flexibility index (Phi) is 4.60. The summed E-state index contributed by atoms with van der Waals surface area (Å²) >= 11 is 0. The van der Waals surface area contributed by atoms with E-state index in [-0.39, 0.29) is 23.7 Å². The van der Waals surface area contributed by atoms with Crippen LogP contribution in [-0.2, 0) is 19.1 Å². The van der Waals surface area contributed by atoms with Gasteiger partial charge in [-0.15, -0.1) is 0 Å². The van der Waals surface area contributed by atoms with Crippen LogP contribution in [0.3, 0.4) is 0 Å². The van der Waals surface area contributed by atoms with Crippen LogP contribution >= 0.6 is 0 Å². The molecule has 1 saturated heterocycles. The van der Waals surface area contributed by atoms with Crippen LogP contribution in [0.2, 0.25) is 0 Å². The Morgan fingerprint density at radius 1 is 1.26 bits per heavy atom. The first kappa shape index (κ1) is 16.3. The minimum atomic E-state index is -0.518. The molecule has 0 aromatic heterocycles. The van der Waals surface area contributed by atoms with Gasteiger partial charge in [0.25, 0.3) is 0 Å². The van der Waals surface area contributed by atoms with Gasteiger partial charge in [-0.2, -0.15) is 0 Å². The highest BCUT2D eigenvalue weighted by Gasteiger charge is 2.51. The van der Waals surface area contributed by atoms with Crippen LogP contribution in [0.1, 0.15) is 51.4 Å². The second-order valence-electron chi connectivity index (χ2n) is 7.23. The first-order valence-electron chi connectivity index (χ1n) is 8.71. The summed E-state index contributed by atoms with van der Waals surface area (Å²) in [6, 6.07) is 0.318. The molecule has 0 radical (unpaired) electrons. The molecule has 23 heavy (non-hydrogen) atoms. The van der Waals surface area contributed by atoms with Gasteiger partial charge in [0.15, 0.2) is 0 Å². The molecule has 1 N–H and O–H groups in total. The van der Waals surface area contributed by atoms with Gasteiger partial charge in [-0.1, -0.05) is 19.3 Å². The molecule has 6 heteroatoms. The van der Waals surface area contributed by atoms with E-state index < -0.39 is 5.41 Å². The minimum absolute atomic E-state index is 0.103. The molecular weight excluding hydrogens is 296 g/mol. The predicted molar refractivity (Wildman–Crippen MR) is 83.4 cm³/mol. The monoisotopic (exact) mass is 322 g/mol. The standard InChI is InChI=1S/C17H26N2O4/c1-23-16(22)17(7-8-17)11-18-15(21)12-9-14(20)19(10-12)13-5-3-2-4-6-13/h12-13H,2-11H2,1H3,(H,18,21). The molecule has 0 spiro atoms. The Labute approximate surface area is 136 Å². The quantitative estimate of drug-likeness (QED) is 0.773. The molecule has 1 aliphatic heterocycles. The normalized spacial score (nSPS) is 26.9. The van der Waals surface area contributed by atoms with Crippen LogP contribution in [0.25, 0.3) is 0 Å². The van der Waals surface area contributed by atoms with Crippen molar-refractivity contribution in [2.45, 2.75) is 57.4 Å². The van der Waals surface area contributed by atoms with Crippen molar-refractivity contribution in [3.63, 3.8) is 0 Å². The van der Waals surface area contributed by atoms with Crippen molar-refractivity contribution in [1.82, 2.24) is 10.2 Å². The van der Waals surface area contributed by atoms with Gasteiger partial charge in [0, 0.05) is 25.6 Å². The average Bonchev–Trinajstić information content (AvgIpc) is 3.28. The molecule has 2 amide bonds. The fourth-order valence-corrected chi connectivity index (χ4v) is 3.87. The van der Waals surface area contributed by atoms with Crippen molar-refractivity contribution < 1.29 is 19.1 Å². The number of amides is 2. The molecule has 0 bridgehead atoms. The largest absolute Gasteiger partial charge is 0.469 e. The zero-order valence-electron chi connectivity index (χ0n) is 13.8. The summed E-state index contributed by atoms with van der Waals surface area (Å²) in [7, 11) is 1.38. The highest BCUT2D eigenvalue weighted by molar-refractivity contribution is 5.90. The Bertz CT molecular complexity index is 495. The lowest BCUT2D eigenvalue weighted by Gasteiger charge is -2.31. The van der Waals surface area contributed by atoms with Gasteiger partial charge in [0.05, 0.1) is 18.4 Å². The van der Waals surface area contributed by atoms with E-state index in [0.717, 1.165) is 25.7 Å². The fraction of sp³-hybridized carbons (Fsp3) is 0.824. The second-order valence-corrected chi connectivity index (χ2v) is 7.23. The summed E-state index contributed by atoms with van der Waals surface area (Å²) < 4.78 is 4.80. The predicted octanol–water partition coefficient (Wildman–Crippen LogP) is 1.24. The maximum absolute atomic E-state index is 12.4. The number of rotatable bonds is 5. The number of carbonyl (C=O) groups is 3. The molecule has 1 atom stereocenters. The number of methoxy groups -OCH3 is 1. The van der Waals surface area contributed by atoms with Crippen molar-refractivity contribution in [3.05, 3.63) is 0 Å².